The van der Waals surface area contributed by atoms with Crippen molar-refractivity contribution in [1.29, 1.82) is 0 Å². The van der Waals surface area contributed by atoms with E-state index in [0.717, 1.165) is 0 Å². The van der Waals surface area contributed by atoms with E-state index >= 15 is 0 Å². The quantitative estimate of drug-likeness (QED) is 0.588. The molecule has 0 aromatic rings. The molecule has 0 spiro atoms. The summed E-state index contributed by atoms with van der Waals surface area (Å²) in [5.74, 6) is 0. The summed E-state index contributed by atoms with van der Waals surface area (Å²) in [6, 6.07) is 0. The Labute approximate surface area is 111 Å². The van der Waals surface area contributed by atoms with E-state index in [1.165, 1.54) is 0 Å². The minimum absolute atomic E-state index is 0.0505. The number of carbonyl (C=O) groups excluding carboxylic acids is 1. The van der Waals surface area contributed by atoms with Crippen molar-refractivity contribution in [1.82, 2.24) is 10.6 Å². The van der Waals surface area contributed by atoms with Crippen molar-refractivity contribution in [2.45, 2.75) is 65.9 Å². The topological polar surface area (TPSA) is 59.6 Å². The lowest BCUT2D eigenvalue weighted by Crippen LogP contribution is -2.41. The van der Waals surface area contributed by atoms with E-state index in [2.05, 4.69) is 10.6 Å². The first-order chi connectivity index (χ1) is 7.99. The molecule has 0 aromatic heterocycles. The maximum atomic E-state index is 11.3. The Hall–Kier alpha value is -0.810. The van der Waals surface area contributed by atoms with Gasteiger partial charge in [0.1, 0.15) is 11.8 Å². The molecule has 0 aromatic carbocycles. The first kappa shape index (κ1) is 17.2. The minimum atomic E-state index is -0.458. The van der Waals surface area contributed by atoms with Crippen molar-refractivity contribution < 1.29 is 14.3 Å². The highest BCUT2D eigenvalue weighted by molar-refractivity contribution is 5.67. The standard InChI is InChI=1S/C13H28N2O3/c1-10(17-12(2,3)4)14-8-9-15-11(16)18-13(5,6)7/h10,14H,8-9H2,1-7H3,(H,15,16). The molecule has 0 bridgehead atoms. The largest absolute Gasteiger partial charge is 0.444 e. The summed E-state index contributed by atoms with van der Waals surface area (Å²) in [7, 11) is 0. The Kier molecular flexibility index (Phi) is 6.63. The fourth-order valence-electron chi connectivity index (χ4n) is 1.33. The van der Waals surface area contributed by atoms with Crippen LogP contribution >= 0.6 is 0 Å². The molecule has 5 heteroatoms. The number of carbonyl (C=O) groups is 1. The Morgan fingerprint density at radius 2 is 1.61 bits per heavy atom. The molecule has 0 aliphatic carbocycles. The predicted octanol–water partition coefficient (Wildman–Crippen LogP) is 2.26. The summed E-state index contributed by atoms with van der Waals surface area (Å²) in [4.78, 5) is 11.3. The normalized spacial score (nSPS) is 14.2. The molecule has 18 heavy (non-hydrogen) atoms. The SMILES string of the molecule is CC(NCCNC(=O)OC(C)(C)C)OC(C)(C)C. The highest BCUT2D eigenvalue weighted by Crippen LogP contribution is 2.08. The van der Waals surface area contributed by atoms with Crippen LogP contribution < -0.4 is 10.6 Å². The van der Waals surface area contributed by atoms with Crippen LogP contribution in [0.4, 0.5) is 4.79 Å². The zero-order valence-electron chi connectivity index (χ0n) is 12.7. The molecule has 0 aliphatic rings. The Bertz CT molecular complexity index is 254. The van der Waals surface area contributed by atoms with Gasteiger partial charge in [-0.15, -0.1) is 0 Å². The van der Waals surface area contributed by atoms with Gasteiger partial charge < -0.3 is 14.8 Å². The maximum absolute atomic E-state index is 11.3. The molecule has 5 nitrogen and oxygen atoms in total. The van der Waals surface area contributed by atoms with E-state index in [1.807, 2.05) is 48.5 Å². The lowest BCUT2D eigenvalue weighted by atomic mass is 10.2. The highest BCUT2D eigenvalue weighted by atomic mass is 16.6. The van der Waals surface area contributed by atoms with E-state index in [9.17, 15) is 4.79 Å². The summed E-state index contributed by atoms with van der Waals surface area (Å²) in [6.45, 7) is 14.6. The lowest BCUT2D eigenvalue weighted by Gasteiger charge is -2.26. The first-order valence-corrected chi connectivity index (χ1v) is 6.38. The summed E-state index contributed by atoms with van der Waals surface area (Å²) in [5.41, 5.74) is -0.634. The number of hydrogen-bond donors (Lipinski definition) is 2. The molecule has 1 unspecified atom stereocenters. The van der Waals surface area contributed by atoms with Crippen molar-refractivity contribution >= 4 is 6.09 Å². The van der Waals surface area contributed by atoms with Crippen LogP contribution in [-0.2, 0) is 9.47 Å². The second-order valence-corrected chi connectivity index (χ2v) is 6.26. The molecule has 0 saturated carbocycles. The number of rotatable bonds is 5. The van der Waals surface area contributed by atoms with E-state index in [1.54, 1.807) is 0 Å². The molecule has 1 atom stereocenters. The van der Waals surface area contributed by atoms with E-state index in [-0.39, 0.29) is 11.8 Å². The van der Waals surface area contributed by atoms with Gasteiger partial charge in [0.05, 0.1) is 5.60 Å². The fourth-order valence-corrected chi connectivity index (χ4v) is 1.33. The van der Waals surface area contributed by atoms with Crippen molar-refractivity contribution in [3.8, 4) is 0 Å². The number of nitrogens with one attached hydrogen (secondary N) is 2. The van der Waals surface area contributed by atoms with Gasteiger partial charge in [-0.3, -0.25) is 5.32 Å². The van der Waals surface area contributed by atoms with Crippen LogP contribution in [-0.4, -0.2) is 36.6 Å². The third kappa shape index (κ3) is 11.7. The Balaban J connectivity index is 3.65. The summed E-state index contributed by atoms with van der Waals surface area (Å²) >= 11 is 0. The Morgan fingerprint density at radius 3 is 2.06 bits per heavy atom. The predicted molar refractivity (Wildman–Crippen MR) is 72.5 cm³/mol. The molecule has 2 N–H and O–H groups in total. The van der Waals surface area contributed by atoms with Crippen molar-refractivity contribution in [2.24, 2.45) is 0 Å². The average Bonchev–Trinajstić information content (AvgIpc) is 2.06. The van der Waals surface area contributed by atoms with Gasteiger partial charge in [0, 0.05) is 13.1 Å². The van der Waals surface area contributed by atoms with Gasteiger partial charge in [-0.05, 0) is 48.5 Å². The molecule has 0 aliphatic heterocycles. The second-order valence-electron chi connectivity index (χ2n) is 6.26. The van der Waals surface area contributed by atoms with E-state index in [4.69, 9.17) is 9.47 Å². The monoisotopic (exact) mass is 260 g/mol. The smallest absolute Gasteiger partial charge is 0.407 e. The third-order valence-electron chi connectivity index (χ3n) is 1.76. The number of alkyl carbamates (subject to hydrolysis) is 1. The van der Waals surface area contributed by atoms with Crippen LogP contribution in [0.3, 0.4) is 0 Å². The van der Waals surface area contributed by atoms with Gasteiger partial charge >= 0.3 is 6.09 Å². The van der Waals surface area contributed by atoms with Gasteiger partial charge in [0.15, 0.2) is 0 Å². The summed E-state index contributed by atoms with van der Waals surface area (Å²) in [6.07, 6.45) is -0.445. The van der Waals surface area contributed by atoms with Gasteiger partial charge in [-0.25, -0.2) is 4.79 Å². The van der Waals surface area contributed by atoms with Crippen LogP contribution in [0.25, 0.3) is 0 Å². The summed E-state index contributed by atoms with van der Waals surface area (Å²) in [5, 5.41) is 5.84. The van der Waals surface area contributed by atoms with Crippen molar-refractivity contribution in [3.05, 3.63) is 0 Å². The molecule has 108 valence electrons. The molecule has 0 saturated heterocycles. The first-order valence-electron chi connectivity index (χ1n) is 6.38. The van der Waals surface area contributed by atoms with E-state index < -0.39 is 11.7 Å². The molecule has 0 radical (unpaired) electrons. The molecular formula is C13H28N2O3. The van der Waals surface area contributed by atoms with Crippen molar-refractivity contribution in [2.75, 3.05) is 13.1 Å². The zero-order chi connectivity index (χ0) is 14.4. The molecule has 0 fully saturated rings. The van der Waals surface area contributed by atoms with Gasteiger partial charge in [-0.2, -0.15) is 0 Å². The van der Waals surface area contributed by atoms with Crippen LogP contribution in [0.15, 0.2) is 0 Å². The van der Waals surface area contributed by atoms with Crippen LogP contribution in [0.1, 0.15) is 48.5 Å². The van der Waals surface area contributed by atoms with Gasteiger partial charge in [0.25, 0.3) is 0 Å². The van der Waals surface area contributed by atoms with Crippen LogP contribution in [0.2, 0.25) is 0 Å². The molecule has 1 amide bonds. The average molecular weight is 260 g/mol. The highest BCUT2D eigenvalue weighted by Gasteiger charge is 2.16. The summed E-state index contributed by atoms with van der Waals surface area (Å²) < 4.78 is 10.8. The number of hydrogen-bond acceptors (Lipinski definition) is 4. The van der Waals surface area contributed by atoms with Gasteiger partial charge in [-0.1, -0.05) is 0 Å². The maximum Gasteiger partial charge on any atom is 0.407 e. The van der Waals surface area contributed by atoms with Gasteiger partial charge in [0.2, 0.25) is 0 Å². The van der Waals surface area contributed by atoms with E-state index in [0.29, 0.717) is 13.1 Å². The fraction of sp³-hybridized carbons (Fsp3) is 0.923. The van der Waals surface area contributed by atoms with Crippen LogP contribution in [0, 0.1) is 0 Å². The van der Waals surface area contributed by atoms with Crippen molar-refractivity contribution in [3.63, 3.8) is 0 Å². The molecular weight excluding hydrogens is 232 g/mol. The second kappa shape index (κ2) is 6.95. The molecule has 0 heterocycles. The number of ether oxygens (including phenoxy) is 2. The van der Waals surface area contributed by atoms with Crippen LogP contribution in [0.5, 0.6) is 0 Å². The lowest BCUT2D eigenvalue weighted by molar-refractivity contribution is -0.0652. The Morgan fingerprint density at radius 1 is 1.06 bits per heavy atom. The zero-order valence-corrected chi connectivity index (χ0v) is 12.7. The minimum Gasteiger partial charge on any atom is -0.444 e. The third-order valence-corrected chi connectivity index (χ3v) is 1.76. The molecule has 0 rings (SSSR count). The number of amides is 1.